The topological polar surface area (TPSA) is 79.1 Å². The fourth-order valence-corrected chi connectivity index (χ4v) is 5.29. The fourth-order valence-electron chi connectivity index (χ4n) is 5.17. The van der Waals surface area contributed by atoms with Crippen LogP contribution in [0, 0.1) is 0 Å². The average molecular weight is 451 g/mol. The molecule has 5 rings (SSSR count). The number of nitrogens with two attached hydrogens (primary N) is 1. The van der Waals surface area contributed by atoms with E-state index in [2.05, 4.69) is 45.9 Å². The molecular weight excluding hydrogens is 420 g/mol. The van der Waals surface area contributed by atoms with Crippen LogP contribution >= 0.6 is 11.6 Å². The van der Waals surface area contributed by atoms with Gasteiger partial charge in [0.25, 0.3) is 0 Å². The molecule has 1 saturated heterocycles. The molecule has 1 saturated carbocycles. The van der Waals surface area contributed by atoms with Crippen LogP contribution in [-0.4, -0.2) is 49.2 Å². The quantitative estimate of drug-likeness (QED) is 0.528. The Morgan fingerprint density at radius 3 is 2.50 bits per heavy atom. The molecule has 1 aliphatic carbocycles. The Bertz CT molecular complexity index is 1070. The Morgan fingerprint density at radius 2 is 1.78 bits per heavy atom. The van der Waals surface area contributed by atoms with Crippen LogP contribution in [0.15, 0.2) is 42.5 Å². The summed E-state index contributed by atoms with van der Waals surface area (Å²) in [4.78, 5) is 12.7. The zero-order valence-electron chi connectivity index (χ0n) is 18.4. The first-order valence-electron chi connectivity index (χ1n) is 11.7. The van der Waals surface area contributed by atoms with Crippen molar-refractivity contribution in [2.24, 2.45) is 5.73 Å². The van der Waals surface area contributed by atoms with Crippen molar-refractivity contribution in [1.29, 1.82) is 0 Å². The third-order valence-corrected chi connectivity index (χ3v) is 7.13. The molecule has 0 amide bonds. The minimum Gasteiger partial charge on any atom is -0.369 e. The number of nitrogens with zero attached hydrogens (tertiary/aromatic N) is 3. The molecule has 0 spiro atoms. The molecular formula is C25H31ClN6. The summed E-state index contributed by atoms with van der Waals surface area (Å²) in [5.41, 5.74) is 9.09. The lowest BCUT2D eigenvalue weighted by Gasteiger charge is -2.30. The van der Waals surface area contributed by atoms with E-state index in [-0.39, 0.29) is 5.41 Å². The highest BCUT2D eigenvalue weighted by atomic mass is 35.5. The van der Waals surface area contributed by atoms with Gasteiger partial charge in [0.05, 0.1) is 10.9 Å². The maximum atomic E-state index is 6.20. The first kappa shape index (κ1) is 21.4. The monoisotopic (exact) mass is 450 g/mol. The highest BCUT2D eigenvalue weighted by Gasteiger charge is 2.40. The predicted molar refractivity (Wildman–Crippen MR) is 133 cm³/mol. The molecule has 0 unspecified atom stereocenters. The fraction of sp³-hybridized carbons (Fsp3) is 0.440. The number of piperazine rings is 1. The maximum Gasteiger partial charge on any atom is 0.141 e. The summed E-state index contributed by atoms with van der Waals surface area (Å²) < 4.78 is 0. The van der Waals surface area contributed by atoms with Crippen LogP contribution in [0.4, 0.5) is 11.5 Å². The Kier molecular flexibility index (Phi) is 6.17. The van der Waals surface area contributed by atoms with Crippen molar-refractivity contribution in [2.45, 2.75) is 31.1 Å². The number of anilines is 2. The second kappa shape index (κ2) is 9.22. The second-order valence-electron chi connectivity index (χ2n) is 8.85. The third-order valence-electron chi connectivity index (χ3n) is 6.88. The lowest BCUT2D eigenvalue weighted by Crippen LogP contribution is -2.43. The van der Waals surface area contributed by atoms with Gasteiger partial charge in [-0.3, -0.25) is 0 Å². The van der Waals surface area contributed by atoms with E-state index in [0.29, 0.717) is 13.1 Å². The summed E-state index contributed by atoms with van der Waals surface area (Å²) in [6.45, 7) is 5.28. The molecule has 1 aromatic heterocycles. The molecule has 2 fully saturated rings. The average Bonchev–Trinajstić information content (AvgIpc) is 3.34. The van der Waals surface area contributed by atoms with Gasteiger partial charge in [-0.05, 0) is 48.7 Å². The van der Waals surface area contributed by atoms with Gasteiger partial charge in [0, 0.05) is 55.4 Å². The first-order valence-corrected chi connectivity index (χ1v) is 12.1. The standard InChI is InChI=1S/C25H31ClN6/c26-19-5-3-18(4-6-19)25(9-1-2-10-25)24-30-22-17-20(32-15-13-28-14-16-32)7-8-21(22)23(31-24)29-12-11-27/h3-8,17,28H,1-2,9-16,27H2,(H,29,30,31). The first-order chi connectivity index (χ1) is 15.7. The SMILES string of the molecule is NCCNc1nc(C2(c3ccc(Cl)cc3)CCCC2)nc2cc(N3CCNCC3)ccc12. The number of nitrogens with one attached hydrogen (secondary N) is 2. The van der Waals surface area contributed by atoms with E-state index in [0.717, 1.165) is 66.6 Å². The van der Waals surface area contributed by atoms with Gasteiger partial charge in [0.1, 0.15) is 11.6 Å². The van der Waals surface area contributed by atoms with Gasteiger partial charge in [0.2, 0.25) is 0 Å². The smallest absolute Gasteiger partial charge is 0.141 e. The summed E-state index contributed by atoms with van der Waals surface area (Å²) in [7, 11) is 0. The van der Waals surface area contributed by atoms with Crippen LogP contribution in [0.5, 0.6) is 0 Å². The molecule has 6 nitrogen and oxygen atoms in total. The molecule has 2 aromatic carbocycles. The van der Waals surface area contributed by atoms with Crippen LogP contribution in [0.2, 0.25) is 5.02 Å². The molecule has 32 heavy (non-hydrogen) atoms. The normalized spacial score (nSPS) is 18.2. The van der Waals surface area contributed by atoms with Crippen LogP contribution in [0.3, 0.4) is 0 Å². The summed E-state index contributed by atoms with van der Waals surface area (Å²) in [6, 6.07) is 14.8. The van der Waals surface area contributed by atoms with Gasteiger partial charge in [-0.25, -0.2) is 9.97 Å². The molecule has 0 atom stereocenters. The van der Waals surface area contributed by atoms with Crippen molar-refractivity contribution in [2.75, 3.05) is 49.5 Å². The largest absolute Gasteiger partial charge is 0.369 e. The van der Waals surface area contributed by atoms with Crippen molar-refractivity contribution in [1.82, 2.24) is 15.3 Å². The molecule has 3 aromatic rings. The zero-order chi connectivity index (χ0) is 22.0. The van der Waals surface area contributed by atoms with Crippen LogP contribution in [-0.2, 0) is 5.41 Å². The summed E-state index contributed by atoms with van der Waals surface area (Å²) in [6.07, 6.45) is 4.45. The number of hydrogen-bond donors (Lipinski definition) is 3. The van der Waals surface area contributed by atoms with Gasteiger partial charge >= 0.3 is 0 Å². The van der Waals surface area contributed by atoms with E-state index >= 15 is 0 Å². The third kappa shape index (κ3) is 4.03. The number of rotatable bonds is 6. The van der Waals surface area contributed by atoms with Crippen LogP contribution in [0.1, 0.15) is 37.1 Å². The molecule has 1 aliphatic heterocycles. The van der Waals surface area contributed by atoms with Crippen molar-refractivity contribution in [3.63, 3.8) is 0 Å². The van der Waals surface area contributed by atoms with Gasteiger partial charge in [0.15, 0.2) is 0 Å². The van der Waals surface area contributed by atoms with E-state index in [4.69, 9.17) is 27.3 Å². The van der Waals surface area contributed by atoms with E-state index < -0.39 is 0 Å². The number of benzene rings is 2. The lowest BCUT2D eigenvalue weighted by atomic mass is 9.78. The van der Waals surface area contributed by atoms with E-state index in [1.807, 2.05) is 12.1 Å². The predicted octanol–water partition coefficient (Wildman–Crippen LogP) is 3.92. The minimum atomic E-state index is -0.178. The van der Waals surface area contributed by atoms with E-state index in [1.165, 1.54) is 24.1 Å². The Morgan fingerprint density at radius 1 is 1.03 bits per heavy atom. The second-order valence-corrected chi connectivity index (χ2v) is 9.28. The molecule has 0 bridgehead atoms. The van der Waals surface area contributed by atoms with E-state index in [1.54, 1.807) is 0 Å². The molecule has 2 aliphatic rings. The molecule has 168 valence electrons. The molecule has 2 heterocycles. The van der Waals surface area contributed by atoms with Gasteiger partial charge in [-0.2, -0.15) is 0 Å². The van der Waals surface area contributed by atoms with Crippen molar-refractivity contribution in [3.05, 3.63) is 58.9 Å². The summed E-state index contributed by atoms with van der Waals surface area (Å²) in [5.74, 6) is 1.78. The van der Waals surface area contributed by atoms with Crippen molar-refractivity contribution in [3.8, 4) is 0 Å². The molecule has 4 N–H and O–H groups in total. The number of hydrogen-bond acceptors (Lipinski definition) is 6. The number of fused-ring (bicyclic) bond motifs is 1. The van der Waals surface area contributed by atoms with Crippen molar-refractivity contribution < 1.29 is 0 Å². The Hall–Kier alpha value is -2.41. The Labute approximate surface area is 194 Å². The highest BCUT2D eigenvalue weighted by Crippen LogP contribution is 2.46. The molecule has 7 heteroatoms. The number of aromatic nitrogens is 2. The highest BCUT2D eigenvalue weighted by molar-refractivity contribution is 6.30. The minimum absolute atomic E-state index is 0.178. The van der Waals surface area contributed by atoms with Gasteiger partial charge < -0.3 is 21.3 Å². The van der Waals surface area contributed by atoms with Gasteiger partial charge in [-0.1, -0.05) is 36.6 Å². The summed E-state index contributed by atoms with van der Waals surface area (Å²) in [5, 5.41) is 8.69. The van der Waals surface area contributed by atoms with E-state index in [9.17, 15) is 0 Å². The summed E-state index contributed by atoms with van der Waals surface area (Å²) >= 11 is 6.20. The number of halogens is 1. The molecule has 0 radical (unpaired) electrons. The maximum absolute atomic E-state index is 6.20. The van der Waals surface area contributed by atoms with Crippen LogP contribution in [0.25, 0.3) is 10.9 Å². The zero-order valence-corrected chi connectivity index (χ0v) is 19.2. The lowest BCUT2D eigenvalue weighted by molar-refractivity contribution is 0.502. The van der Waals surface area contributed by atoms with Gasteiger partial charge in [-0.15, -0.1) is 0 Å². The van der Waals surface area contributed by atoms with Crippen LogP contribution < -0.4 is 21.3 Å². The van der Waals surface area contributed by atoms with Crippen molar-refractivity contribution >= 4 is 34.0 Å². The Balaban J connectivity index is 1.64.